The van der Waals surface area contributed by atoms with E-state index in [0.717, 1.165) is 15.8 Å². The Hall–Kier alpha value is -1.56. The van der Waals surface area contributed by atoms with Gasteiger partial charge in [0, 0.05) is 5.02 Å². The van der Waals surface area contributed by atoms with Crippen LogP contribution in [0.1, 0.15) is 22.8 Å². The van der Waals surface area contributed by atoms with Gasteiger partial charge in [-0.1, -0.05) is 23.2 Å². The highest BCUT2D eigenvalue weighted by Gasteiger charge is 2.09. The van der Waals surface area contributed by atoms with E-state index in [2.05, 4.69) is 26.5 Å². The minimum Gasteiger partial charge on any atom is -0.493 e. The molecule has 2 aromatic carbocycles. The predicted octanol–water partition coefficient (Wildman–Crippen LogP) is 4.92. The van der Waals surface area contributed by atoms with E-state index in [9.17, 15) is 4.79 Å². The monoisotopic (exact) mass is 414 g/mol. The topological polar surface area (TPSA) is 50.7 Å². The molecule has 0 saturated carbocycles. The van der Waals surface area contributed by atoms with Gasteiger partial charge in [0.2, 0.25) is 0 Å². The molecular weight excluding hydrogens is 403 g/mol. The normalized spacial score (nSPS) is 10.8. The highest BCUT2D eigenvalue weighted by Crippen LogP contribution is 2.25. The zero-order valence-electron chi connectivity index (χ0n) is 12.1. The molecule has 1 N–H and O–H groups in total. The lowest BCUT2D eigenvalue weighted by atomic mass is 10.2. The van der Waals surface area contributed by atoms with Gasteiger partial charge in [0.05, 0.1) is 27.9 Å². The van der Waals surface area contributed by atoms with E-state index in [0.29, 0.717) is 17.2 Å². The highest BCUT2D eigenvalue weighted by molar-refractivity contribution is 9.10. The zero-order valence-corrected chi connectivity index (χ0v) is 15.2. The molecule has 0 heterocycles. The minimum atomic E-state index is -0.409. The van der Waals surface area contributed by atoms with Crippen LogP contribution >= 0.6 is 39.1 Å². The first-order chi connectivity index (χ1) is 11.0. The molecule has 2 aromatic rings. The quantitative estimate of drug-likeness (QED) is 0.556. The van der Waals surface area contributed by atoms with Crippen molar-refractivity contribution >= 4 is 51.3 Å². The van der Waals surface area contributed by atoms with Crippen molar-refractivity contribution in [1.29, 1.82) is 0 Å². The molecule has 0 aromatic heterocycles. The van der Waals surface area contributed by atoms with E-state index in [1.54, 1.807) is 12.1 Å². The SMILES string of the molecule is CCOc1ccc(/C=N\NC(=O)c2ccc(Cl)cc2Cl)cc1Br. The maximum atomic E-state index is 12.0. The zero-order chi connectivity index (χ0) is 16.8. The predicted molar refractivity (Wildman–Crippen MR) is 96.8 cm³/mol. The third-order valence-corrected chi connectivity index (χ3v) is 3.98. The number of hydrogen-bond acceptors (Lipinski definition) is 3. The third kappa shape index (κ3) is 4.96. The van der Waals surface area contributed by atoms with Gasteiger partial charge < -0.3 is 4.74 Å². The second-order valence-electron chi connectivity index (χ2n) is 4.45. The lowest BCUT2D eigenvalue weighted by Gasteiger charge is -2.06. The maximum absolute atomic E-state index is 12.0. The van der Waals surface area contributed by atoms with Crippen molar-refractivity contribution in [2.24, 2.45) is 5.10 Å². The summed E-state index contributed by atoms with van der Waals surface area (Å²) in [5.74, 6) is 0.342. The van der Waals surface area contributed by atoms with Crippen LogP contribution in [-0.4, -0.2) is 18.7 Å². The second kappa shape index (κ2) is 8.34. The van der Waals surface area contributed by atoms with E-state index in [-0.39, 0.29) is 5.02 Å². The molecule has 0 spiro atoms. The average molecular weight is 416 g/mol. The number of halogens is 3. The number of hydrogen-bond donors (Lipinski definition) is 1. The van der Waals surface area contributed by atoms with Crippen LogP contribution in [0.3, 0.4) is 0 Å². The van der Waals surface area contributed by atoms with Crippen molar-refractivity contribution in [2.75, 3.05) is 6.61 Å². The molecule has 2 rings (SSSR count). The van der Waals surface area contributed by atoms with Crippen LogP contribution in [0, 0.1) is 0 Å². The molecule has 0 radical (unpaired) electrons. The number of benzene rings is 2. The maximum Gasteiger partial charge on any atom is 0.272 e. The Bertz CT molecular complexity index is 751. The first kappa shape index (κ1) is 17.8. The van der Waals surface area contributed by atoms with Gasteiger partial charge in [-0.3, -0.25) is 4.79 Å². The van der Waals surface area contributed by atoms with E-state index in [4.69, 9.17) is 27.9 Å². The van der Waals surface area contributed by atoms with Crippen LogP contribution in [0.4, 0.5) is 0 Å². The van der Waals surface area contributed by atoms with Gasteiger partial charge >= 0.3 is 0 Å². The number of nitrogens with one attached hydrogen (secondary N) is 1. The number of nitrogens with zero attached hydrogens (tertiary/aromatic N) is 1. The molecule has 23 heavy (non-hydrogen) atoms. The summed E-state index contributed by atoms with van der Waals surface area (Å²) in [5, 5.41) is 4.66. The van der Waals surface area contributed by atoms with Crippen molar-refractivity contribution in [3.8, 4) is 5.75 Å². The fourth-order valence-electron chi connectivity index (χ4n) is 1.77. The van der Waals surface area contributed by atoms with Crippen LogP contribution in [0.2, 0.25) is 10.0 Å². The number of carbonyl (C=O) groups is 1. The number of hydrazone groups is 1. The molecule has 0 aliphatic rings. The molecule has 0 saturated heterocycles. The smallest absolute Gasteiger partial charge is 0.272 e. The molecule has 0 bridgehead atoms. The Morgan fingerprint density at radius 2 is 2.09 bits per heavy atom. The lowest BCUT2D eigenvalue weighted by Crippen LogP contribution is -2.18. The molecule has 0 aliphatic carbocycles. The summed E-state index contributed by atoms with van der Waals surface area (Å²) in [6.45, 7) is 2.50. The standard InChI is InChI=1S/C16H13BrCl2N2O2/c1-2-23-15-6-3-10(7-13(15)17)9-20-21-16(22)12-5-4-11(18)8-14(12)19/h3-9H,2H2,1H3,(H,21,22)/b20-9-. The van der Waals surface area contributed by atoms with Gasteiger partial charge in [0.25, 0.3) is 5.91 Å². The number of carbonyl (C=O) groups excluding carboxylic acids is 1. The van der Waals surface area contributed by atoms with E-state index >= 15 is 0 Å². The van der Waals surface area contributed by atoms with Crippen molar-refractivity contribution in [2.45, 2.75) is 6.92 Å². The summed E-state index contributed by atoms with van der Waals surface area (Å²) >= 11 is 15.2. The lowest BCUT2D eigenvalue weighted by molar-refractivity contribution is 0.0955. The van der Waals surface area contributed by atoms with Crippen molar-refractivity contribution in [3.05, 3.63) is 62.0 Å². The molecule has 1 amide bonds. The van der Waals surface area contributed by atoms with E-state index in [1.165, 1.54) is 12.3 Å². The Morgan fingerprint density at radius 3 is 2.74 bits per heavy atom. The van der Waals surface area contributed by atoms with Gasteiger partial charge in [-0.15, -0.1) is 0 Å². The van der Waals surface area contributed by atoms with Gasteiger partial charge in [-0.05, 0) is 64.8 Å². The molecule has 0 unspecified atom stereocenters. The molecule has 120 valence electrons. The number of amides is 1. The van der Waals surface area contributed by atoms with Gasteiger partial charge in [0.15, 0.2) is 0 Å². The Kier molecular flexibility index (Phi) is 6.45. The Labute approximate surface area is 152 Å². The second-order valence-corrected chi connectivity index (χ2v) is 6.14. The van der Waals surface area contributed by atoms with Crippen LogP contribution in [0.15, 0.2) is 46.0 Å². The molecule has 4 nitrogen and oxygen atoms in total. The number of ether oxygens (including phenoxy) is 1. The largest absolute Gasteiger partial charge is 0.493 e. The van der Waals surface area contributed by atoms with Gasteiger partial charge in [-0.2, -0.15) is 5.10 Å². The molecular formula is C16H13BrCl2N2O2. The molecule has 0 atom stereocenters. The van der Waals surface area contributed by atoms with Crippen molar-refractivity contribution < 1.29 is 9.53 Å². The summed E-state index contributed by atoms with van der Waals surface area (Å²) in [5.41, 5.74) is 3.54. The fraction of sp³-hybridized carbons (Fsp3) is 0.125. The number of rotatable bonds is 5. The highest BCUT2D eigenvalue weighted by atomic mass is 79.9. The summed E-state index contributed by atoms with van der Waals surface area (Å²) < 4.78 is 6.24. The summed E-state index contributed by atoms with van der Waals surface area (Å²) in [6.07, 6.45) is 1.53. The fourth-order valence-corrected chi connectivity index (χ4v) is 2.77. The average Bonchev–Trinajstić information content (AvgIpc) is 2.50. The van der Waals surface area contributed by atoms with Crippen molar-refractivity contribution in [1.82, 2.24) is 5.43 Å². The van der Waals surface area contributed by atoms with Crippen LogP contribution < -0.4 is 10.2 Å². The molecule has 0 fully saturated rings. The molecule has 0 aliphatic heterocycles. The summed E-state index contributed by atoms with van der Waals surface area (Å²) in [7, 11) is 0. The van der Waals surface area contributed by atoms with Gasteiger partial charge in [0.1, 0.15) is 5.75 Å². The van der Waals surface area contributed by atoms with Crippen molar-refractivity contribution in [3.63, 3.8) is 0 Å². The Balaban J connectivity index is 2.03. The summed E-state index contributed by atoms with van der Waals surface area (Å²) in [4.78, 5) is 12.0. The van der Waals surface area contributed by atoms with E-state index in [1.807, 2.05) is 25.1 Å². The van der Waals surface area contributed by atoms with Crippen LogP contribution in [-0.2, 0) is 0 Å². The van der Waals surface area contributed by atoms with E-state index < -0.39 is 5.91 Å². The Morgan fingerprint density at radius 1 is 1.30 bits per heavy atom. The summed E-state index contributed by atoms with van der Waals surface area (Å²) in [6, 6.07) is 10.1. The molecule has 7 heteroatoms. The first-order valence-electron chi connectivity index (χ1n) is 6.72. The van der Waals surface area contributed by atoms with Gasteiger partial charge in [-0.25, -0.2) is 5.43 Å². The van der Waals surface area contributed by atoms with Crippen LogP contribution in [0.5, 0.6) is 5.75 Å². The van der Waals surface area contributed by atoms with Crippen LogP contribution in [0.25, 0.3) is 0 Å². The third-order valence-electron chi connectivity index (χ3n) is 2.81. The first-order valence-corrected chi connectivity index (χ1v) is 8.27. The minimum absolute atomic E-state index is 0.272.